The van der Waals surface area contributed by atoms with Crippen LogP contribution in [0.15, 0.2) is 48.0 Å². The molecule has 3 heteroatoms. The maximum atomic E-state index is 10.9. The molecule has 0 fully saturated rings. The molecule has 0 spiro atoms. The molecule has 3 nitrogen and oxygen atoms in total. The third-order valence-corrected chi connectivity index (χ3v) is 1.44. The van der Waals surface area contributed by atoms with Gasteiger partial charge in [-0.25, -0.2) is 4.79 Å². The fourth-order valence-electron chi connectivity index (χ4n) is 0.834. The molecule has 0 bridgehead atoms. The van der Waals surface area contributed by atoms with Crippen molar-refractivity contribution in [3.05, 3.63) is 48.6 Å². The lowest BCUT2D eigenvalue weighted by Gasteiger charge is -1.94. The van der Waals surface area contributed by atoms with Gasteiger partial charge in [-0.15, -0.1) is 0 Å². The summed E-state index contributed by atoms with van der Waals surface area (Å²) in [5.41, 5.74) is 0.864. The van der Waals surface area contributed by atoms with E-state index >= 15 is 0 Å². The summed E-state index contributed by atoms with van der Waals surface area (Å²) < 4.78 is 4.66. The number of rotatable bonds is 3. The molecule has 72 valence electrons. The van der Waals surface area contributed by atoms with Gasteiger partial charge in [0.15, 0.2) is 0 Å². The largest absolute Gasteiger partial charge is 0.444 e. The Morgan fingerprint density at radius 3 is 2.79 bits per heavy atom. The molecular weight excluding hydrogens is 178 g/mol. The fourth-order valence-corrected chi connectivity index (χ4v) is 0.834. The van der Waals surface area contributed by atoms with Gasteiger partial charge in [-0.1, -0.05) is 43.0 Å². The van der Waals surface area contributed by atoms with E-state index in [0.29, 0.717) is 0 Å². The van der Waals surface area contributed by atoms with Crippen molar-refractivity contribution in [2.45, 2.75) is 0 Å². The summed E-state index contributed by atoms with van der Waals surface area (Å²) in [6, 6.07) is 9.34. The average Bonchev–Trinajstić information content (AvgIpc) is 2.25. The number of carbonyl (C=O) groups is 1. The molecule has 0 aliphatic rings. The fraction of sp³-hybridized carbons (Fsp3) is 0.0909. The van der Waals surface area contributed by atoms with Crippen LogP contribution < -0.4 is 0 Å². The molecule has 1 aromatic rings. The number of ether oxygens (including phenoxy) is 1. The van der Waals surface area contributed by atoms with Crippen LogP contribution in [0.1, 0.15) is 5.56 Å². The molecule has 0 saturated carbocycles. The minimum atomic E-state index is -0.603. The van der Waals surface area contributed by atoms with E-state index < -0.39 is 6.09 Å². The molecule has 1 amide bonds. The summed E-state index contributed by atoms with van der Waals surface area (Å²) in [5.74, 6) is 0. The number of aliphatic imine (C=N–C) groups is 1. The highest BCUT2D eigenvalue weighted by atomic mass is 16.5. The Morgan fingerprint density at radius 2 is 2.14 bits per heavy atom. The van der Waals surface area contributed by atoms with E-state index in [2.05, 4.69) is 16.3 Å². The van der Waals surface area contributed by atoms with Crippen LogP contribution in [0.2, 0.25) is 0 Å². The normalized spacial score (nSPS) is 10.0. The monoisotopic (exact) mass is 189 g/mol. The van der Waals surface area contributed by atoms with Gasteiger partial charge in [-0.3, -0.25) is 0 Å². The van der Waals surface area contributed by atoms with E-state index in [1.54, 1.807) is 0 Å². The van der Waals surface area contributed by atoms with Gasteiger partial charge in [0, 0.05) is 6.21 Å². The first-order chi connectivity index (χ1) is 6.83. The number of amides is 1. The van der Waals surface area contributed by atoms with Crippen LogP contribution in [0.4, 0.5) is 4.79 Å². The van der Waals surface area contributed by atoms with Gasteiger partial charge < -0.3 is 4.74 Å². The van der Waals surface area contributed by atoms with E-state index in [1.165, 1.54) is 12.3 Å². The molecule has 1 aromatic carbocycles. The number of benzene rings is 1. The lowest BCUT2D eigenvalue weighted by Crippen LogP contribution is -1.98. The van der Waals surface area contributed by atoms with Crippen LogP contribution in [0, 0.1) is 0 Å². The van der Waals surface area contributed by atoms with Gasteiger partial charge in [-0.2, -0.15) is 4.99 Å². The molecule has 0 heterocycles. The maximum absolute atomic E-state index is 10.9. The lowest BCUT2D eigenvalue weighted by molar-refractivity contribution is 0.170. The van der Waals surface area contributed by atoms with Crippen molar-refractivity contribution in [3.63, 3.8) is 0 Å². The van der Waals surface area contributed by atoms with Gasteiger partial charge in [0.25, 0.3) is 0 Å². The van der Waals surface area contributed by atoms with Crippen LogP contribution in [-0.4, -0.2) is 18.9 Å². The van der Waals surface area contributed by atoms with Gasteiger partial charge in [0.05, 0.1) is 0 Å². The third kappa shape index (κ3) is 3.67. The van der Waals surface area contributed by atoms with Crippen LogP contribution in [0.25, 0.3) is 0 Å². The van der Waals surface area contributed by atoms with Crippen molar-refractivity contribution in [1.82, 2.24) is 0 Å². The Morgan fingerprint density at radius 1 is 1.43 bits per heavy atom. The summed E-state index contributed by atoms with van der Waals surface area (Å²) in [4.78, 5) is 14.5. The van der Waals surface area contributed by atoms with Gasteiger partial charge in [0.1, 0.15) is 6.61 Å². The molecule has 1 rings (SSSR count). The highest BCUT2D eigenvalue weighted by Crippen LogP contribution is 1.94. The average molecular weight is 189 g/mol. The number of nitrogens with zero attached hydrogens (tertiary/aromatic N) is 1. The zero-order chi connectivity index (χ0) is 10.2. The summed E-state index contributed by atoms with van der Waals surface area (Å²) in [5, 5.41) is 0. The van der Waals surface area contributed by atoms with Crippen molar-refractivity contribution < 1.29 is 9.53 Å². The van der Waals surface area contributed by atoms with Crippen molar-refractivity contribution in [1.29, 1.82) is 0 Å². The molecule has 14 heavy (non-hydrogen) atoms. The molecule has 0 radical (unpaired) electrons. The smallest absolute Gasteiger partial charge is 0.433 e. The Kier molecular flexibility index (Phi) is 4.14. The summed E-state index contributed by atoms with van der Waals surface area (Å²) in [7, 11) is 0. The van der Waals surface area contributed by atoms with E-state index in [1.807, 2.05) is 30.3 Å². The minimum absolute atomic E-state index is 0.185. The summed E-state index contributed by atoms with van der Waals surface area (Å²) >= 11 is 0. The predicted molar refractivity (Wildman–Crippen MR) is 55.6 cm³/mol. The van der Waals surface area contributed by atoms with Crippen LogP contribution in [-0.2, 0) is 4.74 Å². The molecule has 0 N–H and O–H groups in total. The Bertz CT molecular complexity index is 330. The highest BCUT2D eigenvalue weighted by Gasteiger charge is 1.94. The zero-order valence-corrected chi connectivity index (χ0v) is 7.72. The van der Waals surface area contributed by atoms with Crippen LogP contribution in [0.3, 0.4) is 0 Å². The third-order valence-electron chi connectivity index (χ3n) is 1.44. The quantitative estimate of drug-likeness (QED) is 0.541. The van der Waals surface area contributed by atoms with Crippen molar-refractivity contribution in [2.75, 3.05) is 6.61 Å². The molecule has 0 aromatic heterocycles. The number of hydrogen-bond acceptors (Lipinski definition) is 2. The van der Waals surface area contributed by atoms with E-state index in [0.717, 1.165) is 5.56 Å². The predicted octanol–water partition coefficient (Wildman–Crippen LogP) is 2.43. The zero-order valence-electron chi connectivity index (χ0n) is 7.72. The topological polar surface area (TPSA) is 38.7 Å². The molecule has 0 aliphatic carbocycles. The number of carbonyl (C=O) groups excluding carboxylic acids is 1. The first kappa shape index (κ1) is 10.2. The van der Waals surface area contributed by atoms with Crippen molar-refractivity contribution >= 4 is 12.3 Å². The van der Waals surface area contributed by atoms with Crippen LogP contribution in [0.5, 0.6) is 0 Å². The van der Waals surface area contributed by atoms with Gasteiger partial charge >= 0.3 is 6.09 Å². The minimum Gasteiger partial charge on any atom is -0.444 e. The lowest BCUT2D eigenvalue weighted by atomic mass is 10.2. The second-order valence-corrected chi connectivity index (χ2v) is 2.53. The summed E-state index contributed by atoms with van der Waals surface area (Å²) in [6.45, 7) is 3.61. The molecule has 0 saturated heterocycles. The molecular formula is C11H11NO2. The van der Waals surface area contributed by atoms with E-state index in [-0.39, 0.29) is 6.61 Å². The highest BCUT2D eigenvalue weighted by molar-refractivity contribution is 5.88. The first-order valence-electron chi connectivity index (χ1n) is 4.19. The first-order valence-corrected chi connectivity index (χ1v) is 4.19. The molecule has 0 atom stereocenters. The number of hydrogen-bond donors (Lipinski definition) is 0. The van der Waals surface area contributed by atoms with Gasteiger partial charge in [0.2, 0.25) is 0 Å². The van der Waals surface area contributed by atoms with E-state index in [4.69, 9.17) is 0 Å². The van der Waals surface area contributed by atoms with E-state index in [9.17, 15) is 4.79 Å². The summed E-state index contributed by atoms with van der Waals surface area (Å²) in [6.07, 6.45) is 2.36. The standard InChI is InChI=1S/C11H11NO2/c1-2-8-14-11(13)12-9-10-6-4-3-5-7-10/h2-7,9H,1,8H2. The molecule has 0 unspecified atom stereocenters. The Hall–Kier alpha value is -1.90. The van der Waals surface area contributed by atoms with Crippen LogP contribution >= 0.6 is 0 Å². The second kappa shape index (κ2) is 5.70. The van der Waals surface area contributed by atoms with Crippen molar-refractivity contribution in [3.8, 4) is 0 Å². The van der Waals surface area contributed by atoms with Crippen molar-refractivity contribution in [2.24, 2.45) is 4.99 Å². The van der Waals surface area contributed by atoms with Gasteiger partial charge in [-0.05, 0) is 5.56 Å². The Labute approximate surface area is 82.7 Å². The second-order valence-electron chi connectivity index (χ2n) is 2.53. The molecule has 0 aliphatic heterocycles. The Balaban J connectivity index is 2.48. The maximum Gasteiger partial charge on any atom is 0.433 e. The SMILES string of the molecule is C=CCOC(=O)N=Cc1ccccc1.